The van der Waals surface area contributed by atoms with E-state index in [2.05, 4.69) is 17.2 Å². The van der Waals surface area contributed by atoms with Gasteiger partial charge in [0.1, 0.15) is 5.60 Å². The van der Waals surface area contributed by atoms with E-state index in [9.17, 15) is 9.59 Å². The highest BCUT2D eigenvalue weighted by Gasteiger charge is 2.34. The summed E-state index contributed by atoms with van der Waals surface area (Å²) in [5.74, 6) is -0.203. The number of ether oxygens (including phenoxy) is 1. The highest BCUT2D eigenvalue weighted by molar-refractivity contribution is 5.80. The number of amides is 2. The molecule has 1 aliphatic carbocycles. The van der Waals surface area contributed by atoms with Crippen LogP contribution < -0.4 is 10.6 Å². The lowest BCUT2D eigenvalue weighted by molar-refractivity contribution is -0.125. The van der Waals surface area contributed by atoms with Crippen molar-refractivity contribution in [3.05, 3.63) is 12.7 Å². The zero-order valence-electron chi connectivity index (χ0n) is 12.0. The van der Waals surface area contributed by atoms with Gasteiger partial charge >= 0.3 is 6.09 Å². The van der Waals surface area contributed by atoms with Crippen molar-refractivity contribution in [3.8, 4) is 0 Å². The van der Waals surface area contributed by atoms with Gasteiger partial charge in [0.15, 0.2) is 0 Å². The fourth-order valence-electron chi connectivity index (χ4n) is 2.21. The van der Waals surface area contributed by atoms with Crippen molar-refractivity contribution >= 4 is 12.0 Å². The van der Waals surface area contributed by atoms with Gasteiger partial charge in [-0.2, -0.15) is 0 Å². The smallest absolute Gasteiger partial charge is 0.407 e. The number of rotatable bonds is 4. The van der Waals surface area contributed by atoms with Crippen molar-refractivity contribution in [2.24, 2.45) is 5.92 Å². The van der Waals surface area contributed by atoms with Gasteiger partial charge < -0.3 is 15.4 Å². The molecule has 0 aromatic carbocycles. The van der Waals surface area contributed by atoms with Crippen LogP contribution in [0.3, 0.4) is 0 Å². The Labute approximate surface area is 114 Å². The first-order chi connectivity index (χ1) is 8.83. The first kappa shape index (κ1) is 15.5. The van der Waals surface area contributed by atoms with E-state index in [1.54, 1.807) is 6.08 Å². The van der Waals surface area contributed by atoms with E-state index in [1.165, 1.54) is 0 Å². The molecule has 2 N–H and O–H groups in total. The molecule has 1 fully saturated rings. The van der Waals surface area contributed by atoms with Gasteiger partial charge in [0.2, 0.25) is 5.91 Å². The molecule has 2 atom stereocenters. The second-order valence-corrected chi connectivity index (χ2v) is 5.82. The molecule has 2 amide bonds. The van der Waals surface area contributed by atoms with Crippen LogP contribution >= 0.6 is 0 Å². The van der Waals surface area contributed by atoms with Crippen LogP contribution in [0.2, 0.25) is 0 Å². The molecule has 108 valence electrons. The molecule has 5 heteroatoms. The Morgan fingerprint density at radius 2 is 2.05 bits per heavy atom. The Hall–Kier alpha value is -1.52. The second kappa shape index (κ2) is 6.59. The average molecular weight is 268 g/mol. The molecular formula is C14H24N2O3. The van der Waals surface area contributed by atoms with Crippen molar-refractivity contribution in [2.75, 3.05) is 6.54 Å². The van der Waals surface area contributed by atoms with Crippen LogP contribution in [0.15, 0.2) is 12.7 Å². The molecule has 0 spiro atoms. The summed E-state index contributed by atoms with van der Waals surface area (Å²) in [6.45, 7) is 9.46. The minimum Gasteiger partial charge on any atom is -0.444 e. The average Bonchev–Trinajstić information content (AvgIpc) is 2.71. The van der Waals surface area contributed by atoms with Gasteiger partial charge in [0, 0.05) is 12.6 Å². The Bertz CT molecular complexity index is 347. The molecule has 0 bridgehead atoms. The quantitative estimate of drug-likeness (QED) is 0.766. The fraction of sp³-hybridized carbons (Fsp3) is 0.714. The predicted octanol–water partition coefficient (Wildman–Crippen LogP) is 1.98. The maximum atomic E-state index is 11.9. The zero-order valence-corrected chi connectivity index (χ0v) is 12.0. The van der Waals surface area contributed by atoms with Gasteiger partial charge in [-0.1, -0.05) is 12.5 Å². The third kappa shape index (κ3) is 5.32. The van der Waals surface area contributed by atoms with Crippen molar-refractivity contribution in [1.29, 1.82) is 0 Å². The van der Waals surface area contributed by atoms with Gasteiger partial charge in [0.25, 0.3) is 0 Å². The number of hydrogen-bond acceptors (Lipinski definition) is 3. The molecule has 1 saturated carbocycles. The number of carbonyl (C=O) groups excluding carboxylic acids is 2. The van der Waals surface area contributed by atoms with Gasteiger partial charge in [-0.3, -0.25) is 4.79 Å². The van der Waals surface area contributed by atoms with Crippen LogP contribution in [-0.2, 0) is 9.53 Å². The summed E-state index contributed by atoms with van der Waals surface area (Å²) < 4.78 is 5.21. The summed E-state index contributed by atoms with van der Waals surface area (Å²) in [4.78, 5) is 23.6. The summed E-state index contributed by atoms with van der Waals surface area (Å²) in [6.07, 6.45) is 3.73. The standard InChI is InChI=1S/C14H24N2O3/c1-5-9-15-12(17)10-7-6-8-11(10)16-13(18)19-14(2,3)4/h5,10-11H,1,6-9H2,2-4H3,(H,15,17)(H,16,18)/t10-,11+/m0/s1. The normalized spacial score (nSPS) is 22.7. The molecule has 1 rings (SSSR count). The molecule has 0 saturated heterocycles. The molecule has 0 aliphatic heterocycles. The third-order valence-electron chi connectivity index (χ3n) is 2.98. The summed E-state index contributed by atoms with van der Waals surface area (Å²) in [5, 5.41) is 5.57. The largest absolute Gasteiger partial charge is 0.444 e. The Balaban J connectivity index is 2.50. The zero-order chi connectivity index (χ0) is 14.5. The minimum absolute atomic E-state index is 0.0292. The van der Waals surface area contributed by atoms with E-state index < -0.39 is 11.7 Å². The third-order valence-corrected chi connectivity index (χ3v) is 2.98. The van der Waals surface area contributed by atoms with E-state index in [0.29, 0.717) is 6.54 Å². The van der Waals surface area contributed by atoms with Crippen molar-refractivity contribution in [1.82, 2.24) is 10.6 Å². The fourth-order valence-corrected chi connectivity index (χ4v) is 2.21. The molecular weight excluding hydrogens is 244 g/mol. The van der Waals surface area contributed by atoms with Crippen LogP contribution in [0.25, 0.3) is 0 Å². The van der Waals surface area contributed by atoms with Crippen LogP contribution in [0.1, 0.15) is 40.0 Å². The maximum absolute atomic E-state index is 11.9. The first-order valence-corrected chi connectivity index (χ1v) is 6.71. The molecule has 0 aromatic heterocycles. The van der Waals surface area contributed by atoms with Crippen molar-refractivity contribution in [3.63, 3.8) is 0 Å². The molecule has 5 nitrogen and oxygen atoms in total. The van der Waals surface area contributed by atoms with E-state index in [-0.39, 0.29) is 17.9 Å². The lowest BCUT2D eigenvalue weighted by Gasteiger charge is -2.24. The van der Waals surface area contributed by atoms with Gasteiger partial charge in [-0.25, -0.2) is 4.79 Å². The van der Waals surface area contributed by atoms with Crippen molar-refractivity contribution < 1.29 is 14.3 Å². The van der Waals surface area contributed by atoms with E-state index in [1.807, 2.05) is 20.8 Å². The van der Waals surface area contributed by atoms with E-state index in [0.717, 1.165) is 19.3 Å². The maximum Gasteiger partial charge on any atom is 0.407 e. The van der Waals surface area contributed by atoms with Crippen LogP contribution in [-0.4, -0.2) is 30.2 Å². The van der Waals surface area contributed by atoms with E-state index >= 15 is 0 Å². The Morgan fingerprint density at radius 3 is 2.63 bits per heavy atom. The molecule has 1 aliphatic rings. The Kier molecular flexibility index (Phi) is 5.39. The molecule has 19 heavy (non-hydrogen) atoms. The summed E-state index contributed by atoms with van der Waals surface area (Å²) >= 11 is 0. The lowest BCUT2D eigenvalue weighted by atomic mass is 10.0. The molecule has 0 heterocycles. The highest BCUT2D eigenvalue weighted by Crippen LogP contribution is 2.26. The molecule has 0 unspecified atom stereocenters. The monoisotopic (exact) mass is 268 g/mol. The first-order valence-electron chi connectivity index (χ1n) is 6.71. The number of nitrogens with one attached hydrogen (secondary N) is 2. The topological polar surface area (TPSA) is 67.4 Å². The number of hydrogen-bond donors (Lipinski definition) is 2. The van der Waals surface area contributed by atoms with Crippen LogP contribution in [0.5, 0.6) is 0 Å². The SMILES string of the molecule is C=CCNC(=O)[C@H]1CCC[C@H]1NC(=O)OC(C)(C)C. The number of alkyl carbamates (subject to hydrolysis) is 1. The van der Waals surface area contributed by atoms with Crippen molar-refractivity contribution in [2.45, 2.75) is 51.7 Å². The van der Waals surface area contributed by atoms with Crippen LogP contribution in [0.4, 0.5) is 4.79 Å². The predicted molar refractivity (Wildman–Crippen MR) is 73.7 cm³/mol. The summed E-state index contributed by atoms with van der Waals surface area (Å²) in [6, 6.07) is -0.139. The van der Waals surface area contributed by atoms with E-state index in [4.69, 9.17) is 4.74 Å². The van der Waals surface area contributed by atoms with Gasteiger partial charge in [-0.05, 0) is 33.6 Å². The highest BCUT2D eigenvalue weighted by atomic mass is 16.6. The van der Waals surface area contributed by atoms with Gasteiger partial charge in [-0.15, -0.1) is 6.58 Å². The Morgan fingerprint density at radius 1 is 1.37 bits per heavy atom. The summed E-state index contributed by atoms with van der Waals surface area (Å²) in [7, 11) is 0. The molecule has 0 radical (unpaired) electrons. The minimum atomic E-state index is -0.525. The summed E-state index contributed by atoms with van der Waals surface area (Å²) in [5.41, 5.74) is -0.525. The second-order valence-electron chi connectivity index (χ2n) is 5.82. The number of carbonyl (C=O) groups is 2. The lowest BCUT2D eigenvalue weighted by Crippen LogP contribution is -2.45. The van der Waals surface area contributed by atoms with Crippen LogP contribution in [0, 0.1) is 5.92 Å². The molecule has 0 aromatic rings. The van der Waals surface area contributed by atoms with Gasteiger partial charge in [0.05, 0.1) is 5.92 Å².